The third kappa shape index (κ3) is 4.60. The first-order chi connectivity index (χ1) is 9.69. The monoisotopic (exact) mass is 294 g/mol. The number of carbonyl (C=O) groups excluding carboxylic acids is 1. The summed E-state index contributed by atoms with van der Waals surface area (Å²) in [5.41, 5.74) is 0.814. The van der Waals surface area contributed by atoms with Gasteiger partial charge in [-0.2, -0.15) is 0 Å². The van der Waals surface area contributed by atoms with Crippen molar-refractivity contribution in [2.45, 2.75) is 52.0 Å². The summed E-state index contributed by atoms with van der Waals surface area (Å²) in [5, 5.41) is 5.09. The van der Waals surface area contributed by atoms with Crippen LogP contribution >= 0.6 is 11.3 Å². The molecule has 3 nitrogen and oxygen atoms in total. The van der Waals surface area contributed by atoms with Gasteiger partial charge < -0.3 is 10.2 Å². The second-order valence-electron chi connectivity index (χ2n) is 5.74. The van der Waals surface area contributed by atoms with Gasteiger partial charge in [0.1, 0.15) is 0 Å². The molecule has 20 heavy (non-hydrogen) atoms. The van der Waals surface area contributed by atoms with Crippen LogP contribution in [0.3, 0.4) is 0 Å². The Morgan fingerprint density at radius 1 is 1.35 bits per heavy atom. The molecule has 4 heteroatoms. The van der Waals surface area contributed by atoms with E-state index < -0.39 is 0 Å². The summed E-state index contributed by atoms with van der Waals surface area (Å²) in [6.07, 6.45) is 6.30. The number of nitrogens with zero attached hydrogens (tertiary/aromatic N) is 1. The van der Waals surface area contributed by atoms with E-state index in [9.17, 15) is 4.79 Å². The zero-order valence-electron chi connectivity index (χ0n) is 12.7. The van der Waals surface area contributed by atoms with Crippen molar-refractivity contribution in [2.24, 2.45) is 0 Å². The van der Waals surface area contributed by atoms with Crippen LogP contribution < -0.4 is 5.32 Å². The summed E-state index contributed by atoms with van der Waals surface area (Å²) in [6.45, 7) is 7.55. The lowest BCUT2D eigenvalue weighted by Crippen LogP contribution is -2.42. The molecule has 1 fully saturated rings. The number of hydrogen-bond acceptors (Lipinski definition) is 3. The van der Waals surface area contributed by atoms with Gasteiger partial charge in [-0.3, -0.25) is 4.79 Å². The largest absolute Gasteiger partial charge is 0.348 e. The smallest absolute Gasteiger partial charge is 0.252 e. The number of thiophene rings is 1. The van der Waals surface area contributed by atoms with Gasteiger partial charge in [-0.25, -0.2) is 0 Å². The molecule has 1 aromatic heterocycles. The van der Waals surface area contributed by atoms with Gasteiger partial charge in [-0.1, -0.05) is 19.8 Å². The lowest BCUT2D eigenvalue weighted by molar-refractivity contribution is 0.0930. The van der Waals surface area contributed by atoms with Gasteiger partial charge in [0.15, 0.2) is 0 Å². The van der Waals surface area contributed by atoms with E-state index >= 15 is 0 Å². The highest BCUT2D eigenvalue weighted by molar-refractivity contribution is 7.10. The predicted molar refractivity (Wildman–Crippen MR) is 85.5 cm³/mol. The van der Waals surface area contributed by atoms with Crippen molar-refractivity contribution >= 4 is 17.2 Å². The highest BCUT2D eigenvalue weighted by Crippen LogP contribution is 2.15. The van der Waals surface area contributed by atoms with Crippen LogP contribution in [0.2, 0.25) is 0 Å². The molecule has 1 aliphatic rings. The molecule has 2 rings (SSSR count). The Hall–Kier alpha value is -0.870. The summed E-state index contributed by atoms with van der Waals surface area (Å²) in [6, 6.07) is 2.23. The zero-order valence-corrected chi connectivity index (χ0v) is 13.5. The van der Waals surface area contributed by atoms with Crippen LogP contribution in [0, 0.1) is 0 Å². The molecule has 112 valence electrons. The first-order valence-corrected chi connectivity index (χ1v) is 8.67. The van der Waals surface area contributed by atoms with E-state index in [0.29, 0.717) is 0 Å². The summed E-state index contributed by atoms with van der Waals surface area (Å²) in [7, 11) is 0. The molecule has 0 unspecified atom stereocenters. The van der Waals surface area contributed by atoms with Crippen molar-refractivity contribution in [3.8, 4) is 0 Å². The van der Waals surface area contributed by atoms with Crippen molar-refractivity contribution in [1.29, 1.82) is 0 Å². The molecular weight excluding hydrogens is 268 g/mol. The predicted octanol–water partition coefficient (Wildman–Crippen LogP) is 3.30. The molecular formula is C16H26N2OS. The highest BCUT2D eigenvalue weighted by atomic mass is 32.1. The minimum Gasteiger partial charge on any atom is -0.348 e. The topological polar surface area (TPSA) is 32.3 Å². The Bertz CT molecular complexity index is 422. The lowest BCUT2D eigenvalue weighted by Gasteiger charge is -2.24. The van der Waals surface area contributed by atoms with E-state index in [4.69, 9.17) is 0 Å². The average molecular weight is 294 g/mol. The van der Waals surface area contributed by atoms with E-state index in [1.807, 2.05) is 11.4 Å². The number of aryl methyl sites for hydroxylation is 1. The van der Waals surface area contributed by atoms with Gasteiger partial charge in [0.25, 0.3) is 5.91 Å². The number of carbonyl (C=O) groups is 1. The standard InChI is InChI=1S/C16H26N2OS/c1-3-15-10-14(12-20-15)16(19)17-13(2)11-18-8-6-4-5-7-9-18/h10,12-13H,3-9,11H2,1-2H3,(H,17,19)/t13-/m1/s1. The molecule has 0 bridgehead atoms. The van der Waals surface area contributed by atoms with Gasteiger partial charge in [-0.05, 0) is 45.3 Å². The van der Waals surface area contributed by atoms with Crippen molar-refractivity contribution in [3.63, 3.8) is 0 Å². The summed E-state index contributed by atoms with van der Waals surface area (Å²) >= 11 is 1.67. The molecule has 1 aliphatic heterocycles. The fourth-order valence-electron chi connectivity index (χ4n) is 2.74. The minimum atomic E-state index is 0.0725. The van der Waals surface area contributed by atoms with Gasteiger partial charge in [0, 0.05) is 22.8 Å². The Labute approximate surface area is 126 Å². The van der Waals surface area contributed by atoms with Crippen LogP contribution in [0.4, 0.5) is 0 Å². The summed E-state index contributed by atoms with van der Waals surface area (Å²) in [5.74, 6) is 0.0725. The number of rotatable bonds is 5. The Balaban J connectivity index is 1.80. The van der Waals surface area contributed by atoms with Gasteiger partial charge in [0.05, 0.1) is 5.56 Å². The maximum absolute atomic E-state index is 12.2. The van der Waals surface area contributed by atoms with Crippen molar-refractivity contribution in [1.82, 2.24) is 10.2 Å². The first kappa shape index (κ1) is 15.5. The van der Waals surface area contributed by atoms with Crippen LogP contribution in [0.15, 0.2) is 11.4 Å². The average Bonchev–Trinajstić information content (AvgIpc) is 2.78. The fourth-order valence-corrected chi connectivity index (χ4v) is 3.56. The molecule has 0 saturated carbocycles. The van der Waals surface area contributed by atoms with E-state index in [2.05, 4.69) is 24.1 Å². The van der Waals surface area contributed by atoms with Crippen LogP contribution in [0.5, 0.6) is 0 Å². The van der Waals surface area contributed by atoms with Crippen molar-refractivity contribution in [3.05, 3.63) is 21.9 Å². The van der Waals surface area contributed by atoms with Gasteiger partial charge >= 0.3 is 0 Å². The Morgan fingerprint density at radius 2 is 2.05 bits per heavy atom. The fraction of sp³-hybridized carbons (Fsp3) is 0.688. The molecule has 0 aromatic carbocycles. The third-order valence-electron chi connectivity index (χ3n) is 3.87. The van der Waals surface area contributed by atoms with Crippen LogP contribution in [-0.4, -0.2) is 36.5 Å². The summed E-state index contributed by atoms with van der Waals surface area (Å²) in [4.78, 5) is 15.9. The number of amides is 1. The number of likely N-dealkylation sites (tertiary alicyclic amines) is 1. The van der Waals surface area contributed by atoms with Crippen LogP contribution in [0.25, 0.3) is 0 Å². The molecule has 1 saturated heterocycles. The highest BCUT2D eigenvalue weighted by Gasteiger charge is 2.15. The van der Waals surface area contributed by atoms with Gasteiger partial charge in [0.2, 0.25) is 0 Å². The zero-order chi connectivity index (χ0) is 14.4. The molecule has 1 N–H and O–H groups in total. The SMILES string of the molecule is CCc1cc(C(=O)N[C@H](C)CN2CCCCCC2)cs1. The first-order valence-electron chi connectivity index (χ1n) is 7.79. The van der Waals surface area contributed by atoms with E-state index in [1.54, 1.807) is 11.3 Å². The Kier molecular flexibility index (Phi) is 6.05. The second kappa shape index (κ2) is 7.79. The molecule has 0 spiro atoms. The maximum Gasteiger partial charge on any atom is 0.252 e. The third-order valence-corrected chi connectivity index (χ3v) is 4.95. The summed E-state index contributed by atoms with van der Waals surface area (Å²) < 4.78 is 0. The van der Waals surface area contributed by atoms with E-state index in [-0.39, 0.29) is 11.9 Å². The normalized spacial score (nSPS) is 18.5. The second-order valence-corrected chi connectivity index (χ2v) is 6.74. The minimum absolute atomic E-state index is 0.0725. The molecule has 0 aliphatic carbocycles. The van der Waals surface area contributed by atoms with E-state index in [0.717, 1.165) is 18.5 Å². The quantitative estimate of drug-likeness (QED) is 0.903. The molecule has 1 aromatic rings. The lowest BCUT2D eigenvalue weighted by atomic mass is 10.2. The molecule has 1 atom stereocenters. The van der Waals surface area contributed by atoms with Crippen LogP contribution in [0.1, 0.15) is 54.8 Å². The van der Waals surface area contributed by atoms with Crippen molar-refractivity contribution < 1.29 is 4.79 Å². The van der Waals surface area contributed by atoms with Gasteiger partial charge in [-0.15, -0.1) is 11.3 Å². The molecule has 1 amide bonds. The van der Waals surface area contributed by atoms with Crippen LogP contribution in [-0.2, 0) is 6.42 Å². The molecule has 2 heterocycles. The number of nitrogens with one attached hydrogen (secondary N) is 1. The maximum atomic E-state index is 12.2. The van der Waals surface area contributed by atoms with E-state index in [1.165, 1.54) is 43.6 Å². The molecule has 0 radical (unpaired) electrons. The Morgan fingerprint density at radius 3 is 2.65 bits per heavy atom. The van der Waals surface area contributed by atoms with Crippen molar-refractivity contribution in [2.75, 3.05) is 19.6 Å². The number of hydrogen-bond donors (Lipinski definition) is 1.